The molecule has 1 fully saturated rings. The zero-order valence-corrected chi connectivity index (χ0v) is 17.5. The van der Waals surface area contributed by atoms with Crippen LogP contribution in [-0.2, 0) is 19.4 Å². The Morgan fingerprint density at radius 2 is 2.11 bits per heavy atom. The summed E-state index contributed by atoms with van der Waals surface area (Å²) >= 11 is 0. The maximum Gasteiger partial charge on any atom is 0.193 e. The van der Waals surface area contributed by atoms with Gasteiger partial charge in [0.05, 0.1) is 0 Å². The van der Waals surface area contributed by atoms with Crippen molar-refractivity contribution in [1.29, 1.82) is 0 Å². The number of likely N-dealkylation sites (tertiary alicyclic amines) is 1. The molecule has 1 N–H and O–H groups in total. The first-order valence-electron chi connectivity index (χ1n) is 10.8. The number of aliphatic imine (C=N–C) groups is 1. The number of guanidine groups is 1. The molecule has 27 heavy (non-hydrogen) atoms. The van der Waals surface area contributed by atoms with Crippen LogP contribution in [0.5, 0.6) is 0 Å². The number of likely N-dealkylation sites (N-methyl/N-ethyl adjacent to an activating group) is 2. The van der Waals surface area contributed by atoms with Gasteiger partial charge in [-0.2, -0.15) is 0 Å². The van der Waals surface area contributed by atoms with Gasteiger partial charge in [0.25, 0.3) is 0 Å². The number of nitrogens with zero attached hydrogens (tertiary/aromatic N) is 6. The van der Waals surface area contributed by atoms with E-state index in [1.165, 1.54) is 44.5 Å². The lowest BCUT2D eigenvalue weighted by Gasteiger charge is -2.29. The van der Waals surface area contributed by atoms with Crippen molar-refractivity contribution < 1.29 is 0 Å². The smallest absolute Gasteiger partial charge is 0.193 e. The topological polar surface area (TPSA) is 61.6 Å². The second kappa shape index (κ2) is 10.1. The van der Waals surface area contributed by atoms with Crippen molar-refractivity contribution >= 4 is 5.96 Å². The second-order valence-electron chi connectivity index (χ2n) is 7.88. The molecule has 3 heterocycles. The van der Waals surface area contributed by atoms with Crippen LogP contribution in [0.25, 0.3) is 0 Å². The Kier molecular flexibility index (Phi) is 7.50. The molecule has 0 bridgehead atoms. The van der Waals surface area contributed by atoms with E-state index < -0.39 is 0 Å². The molecule has 7 nitrogen and oxygen atoms in total. The minimum absolute atomic E-state index is 0.657. The zero-order chi connectivity index (χ0) is 19.1. The van der Waals surface area contributed by atoms with E-state index in [2.05, 4.69) is 48.8 Å². The van der Waals surface area contributed by atoms with Gasteiger partial charge in [-0.05, 0) is 45.2 Å². The fourth-order valence-corrected chi connectivity index (χ4v) is 4.48. The third-order valence-electron chi connectivity index (χ3n) is 6.01. The van der Waals surface area contributed by atoms with E-state index in [-0.39, 0.29) is 0 Å². The molecule has 0 saturated carbocycles. The summed E-state index contributed by atoms with van der Waals surface area (Å²) in [6.07, 6.45) is 9.54. The van der Waals surface area contributed by atoms with E-state index >= 15 is 0 Å². The molecular formula is C20H37N7. The van der Waals surface area contributed by atoms with Crippen LogP contribution in [0.2, 0.25) is 0 Å². The van der Waals surface area contributed by atoms with Crippen molar-refractivity contribution in [3.05, 3.63) is 11.6 Å². The van der Waals surface area contributed by atoms with Crippen molar-refractivity contribution in [3.63, 3.8) is 0 Å². The molecule has 0 aliphatic carbocycles. The lowest BCUT2D eigenvalue weighted by atomic mass is 10.2. The molecule has 0 aromatic carbocycles. The summed E-state index contributed by atoms with van der Waals surface area (Å²) in [5.41, 5.74) is 0. The largest absolute Gasteiger partial charge is 0.356 e. The number of hydrogen-bond donors (Lipinski definition) is 1. The Morgan fingerprint density at radius 1 is 1.22 bits per heavy atom. The van der Waals surface area contributed by atoms with Crippen molar-refractivity contribution in [2.75, 3.05) is 40.3 Å². The van der Waals surface area contributed by atoms with E-state index in [0.717, 1.165) is 57.2 Å². The molecule has 0 radical (unpaired) electrons. The van der Waals surface area contributed by atoms with Gasteiger partial charge < -0.3 is 14.8 Å². The number of aromatic nitrogens is 3. The van der Waals surface area contributed by atoms with Gasteiger partial charge in [0, 0.05) is 52.6 Å². The fourth-order valence-electron chi connectivity index (χ4n) is 4.48. The van der Waals surface area contributed by atoms with Crippen LogP contribution in [-0.4, -0.2) is 76.8 Å². The van der Waals surface area contributed by atoms with Gasteiger partial charge in [0.15, 0.2) is 5.96 Å². The van der Waals surface area contributed by atoms with E-state index in [9.17, 15) is 0 Å². The normalized spacial score (nSPS) is 21.1. The maximum atomic E-state index is 4.48. The molecule has 152 valence electrons. The first-order chi connectivity index (χ1) is 13.2. The van der Waals surface area contributed by atoms with Crippen molar-refractivity contribution in [2.24, 2.45) is 4.99 Å². The van der Waals surface area contributed by atoms with Crippen LogP contribution >= 0.6 is 0 Å². The number of nitrogens with one attached hydrogen (secondary N) is 1. The number of hydrogen-bond acceptors (Lipinski definition) is 4. The molecule has 2 aliphatic rings. The molecule has 3 rings (SSSR count). The summed E-state index contributed by atoms with van der Waals surface area (Å²) in [5.74, 6) is 3.34. The molecule has 7 heteroatoms. The molecular weight excluding hydrogens is 338 g/mol. The fraction of sp³-hybridized carbons (Fsp3) is 0.850. The Balaban J connectivity index is 1.43. The van der Waals surface area contributed by atoms with Crippen molar-refractivity contribution in [3.8, 4) is 0 Å². The number of aryl methyl sites for hydroxylation is 2. The molecule has 1 saturated heterocycles. The average molecular weight is 376 g/mol. The highest BCUT2D eigenvalue weighted by Gasteiger charge is 2.24. The third kappa shape index (κ3) is 5.21. The lowest BCUT2D eigenvalue weighted by molar-refractivity contribution is 0.232. The van der Waals surface area contributed by atoms with Gasteiger partial charge in [0.2, 0.25) is 0 Å². The Morgan fingerprint density at radius 3 is 2.93 bits per heavy atom. The third-order valence-corrected chi connectivity index (χ3v) is 6.01. The molecule has 1 unspecified atom stereocenters. The number of fused-ring (bicyclic) bond motifs is 1. The highest BCUT2D eigenvalue weighted by atomic mass is 15.3. The van der Waals surface area contributed by atoms with Crippen LogP contribution in [0, 0.1) is 0 Å². The summed E-state index contributed by atoms with van der Waals surface area (Å²) in [7, 11) is 4.03. The van der Waals surface area contributed by atoms with E-state index in [1.807, 2.05) is 7.05 Å². The summed E-state index contributed by atoms with van der Waals surface area (Å²) in [5, 5.41) is 12.4. The Labute approximate surface area is 164 Å². The van der Waals surface area contributed by atoms with E-state index in [4.69, 9.17) is 0 Å². The minimum atomic E-state index is 0.657. The summed E-state index contributed by atoms with van der Waals surface area (Å²) < 4.78 is 2.35. The highest BCUT2D eigenvalue weighted by molar-refractivity contribution is 5.79. The zero-order valence-electron chi connectivity index (χ0n) is 17.5. The van der Waals surface area contributed by atoms with Gasteiger partial charge >= 0.3 is 0 Å². The first-order valence-corrected chi connectivity index (χ1v) is 10.8. The monoisotopic (exact) mass is 375 g/mol. The molecule has 0 amide bonds. The lowest BCUT2D eigenvalue weighted by Crippen LogP contribution is -2.46. The van der Waals surface area contributed by atoms with Gasteiger partial charge in [0.1, 0.15) is 11.6 Å². The molecule has 1 aromatic rings. The van der Waals surface area contributed by atoms with Crippen LogP contribution in [0.15, 0.2) is 4.99 Å². The van der Waals surface area contributed by atoms with Gasteiger partial charge in [-0.3, -0.25) is 9.89 Å². The molecule has 2 aliphatic heterocycles. The van der Waals surface area contributed by atoms with Gasteiger partial charge in [-0.25, -0.2) is 0 Å². The van der Waals surface area contributed by atoms with Gasteiger partial charge in [-0.1, -0.05) is 13.3 Å². The first kappa shape index (κ1) is 20.1. The Hall–Kier alpha value is -1.63. The molecule has 1 aromatic heterocycles. The van der Waals surface area contributed by atoms with Crippen LogP contribution in [0.1, 0.15) is 57.1 Å². The molecule has 0 spiro atoms. The summed E-state index contributed by atoms with van der Waals surface area (Å²) in [6, 6.07) is 0.657. The minimum Gasteiger partial charge on any atom is -0.356 e. The predicted octanol–water partition coefficient (Wildman–Crippen LogP) is 1.93. The van der Waals surface area contributed by atoms with E-state index in [0.29, 0.717) is 6.04 Å². The highest BCUT2D eigenvalue weighted by Crippen LogP contribution is 2.17. The van der Waals surface area contributed by atoms with Crippen molar-refractivity contribution in [2.45, 2.75) is 70.9 Å². The SMILES string of the molecule is CCN1CCCC1CN(C)C(=NC)NCCCc1nnc2n1CCCCC2. The van der Waals surface area contributed by atoms with Crippen molar-refractivity contribution in [1.82, 2.24) is 29.9 Å². The molecule has 1 atom stereocenters. The average Bonchev–Trinajstić information content (AvgIpc) is 3.21. The van der Waals surface area contributed by atoms with E-state index in [1.54, 1.807) is 0 Å². The summed E-state index contributed by atoms with van der Waals surface area (Å²) in [6.45, 7) is 7.70. The quantitative estimate of drug-likeness (QED) is 0.448. The number of rotatable bonds is 7. The maximum absolute atomic E-state index is 4.48. The van der Waals surface area contributed by atoms with Crippen LogP contribution in [0.4, 0.5) is 0 Å². The standard InChI is InChI=1S/C20H37N7/c1-4-26-14-9-10-17(26)16-25(3)20(21-2)22-13-8-12-19-24-23-18-11-6-5-7-15-27(18)19/h17H,4-16H2,1-3H3,(H,21,22). The van der Waals surface area contributed by atoms with Crippen LogP contribution in [0.3, 0.4) is 0 Å². The van der Waals surface area contributed by atoms with Gasteiger partial charge in [-0.15, -0.1) is 10.2 Å². The van der Waals surface area contributed by atoms with Crippen LogP contribution < -0.4 is 5.32 Å². The predicted molar refractivity (Wildman–Crippen MR) is 110 cm³/mol. The second-order valence-corrected chi connectivity index (χ2v) is 7.88. The summed E-state index contributed by atoms with van der Waals surface area (Å²) in [4.78, 5) is 9.34. The Bertz CT molecular complexity index is 609.